The predicted molar refractivity (Wildman–Crippen MR) is 142 cm³/mol. The molecule has 4 rings (SSSR count). The van der Waals surface area contributed by atoms with E-state index >= 15 is 0 Å². The van der Waals surface area contributed by atoms with Crippen LogP contribution in [0.3, 0.4) is 0 Å². The highest BCUT2D eigenvalue weighted by molar-refractivity contribution is 6.30. The van der Waals surface area contributed by atoms with Crippen LogP contribution in [0.1, 0.15) is 63.9 Å². The molecule has 0 unspecified atom stereocenters. The number of likely N-dealkylation sites (tertiary alicyclic amines) is 1. The Morgan fingerprint density at radius 3 is 2.22 bits per heavy atom. The van der Waals surface area contributed by atoms with Crippen LogP contribution in [-0.4, -0.2) is 40.8 Å². The van der Waals surface area contributed by atoms with Crippen molar-refractivity contribution in [2.24, 2.45) is 0 Å². The number of ketones is 1. The second-order valence-electron chi connectivity index (χ2n) is 9.21. The zero-order valence-corrected chi connectivity index (χ0v) is 21.0. The van der Waals surface area contributed by atoms with E-state index < -0.39 is 5.97 Å². The van der Waals surface area contributed by atoms with E-state index in [0.29, 0.717) is 23.4 Å². The second-order valence-corrected chi connectivity index (χ2v) is 9.64. The van der Waals surface area contributed by atoms with Gasteiger partial charge in [0.2, 0.25) is 0 Å². The Labute approximate surface area is 216 Å². The van der Waals surface area contributed by atoms with Gasteiger partial charge in [0.15, 0.2) is 5.78 Å². The molecule has 1 N–H and O–H groups in total. The fourth-order valence-electron chi connectivity index (χ4n) is 4.73. The highest BCUT2D eigenvalue weighted by Crippen LogP contribution is 2.29. The Kier molecular flexibility index (Phi) is 8.55. The van der Waals surface area contributed by atoms with Gasteiger partial charge in [-0.1, -0.05) is 54.1 Å². The Hall–Kier alpha value is -3.44. The van der Waals surface area contributed by atoms with E-state index in [9.17, 15) is 14.4 Å². The van der Waals surface area contributed by atoms with E-state index in [2.05, 4.69) is 0 Å². The fraction of sp³-hybridized carbons (Fsp3) is 0.300. The van der Waals surface area contributed by atoms with E-state index in [1.54, 1.807) is 6.07 Å². The maximum Gasteiger partial charge on any atom is 0.303 e. The van der Waals surface area contributed by atoms with Crippen LogP contribution in [0.15, 0.2) is 66.7 Å². The number of aliphatic carboxylic acids is 1. The van der Waals surface area contributed by atoms with Crippen molar-refractivity contribution in [2.45, 2.75) is 44.9 Å². The fourth-order valence-corrected chi connectivity index (χ4v) is 4.86. The maximum atomic E-state index is 13.2. The number of hydrogen-bond donors (Lipinski definition) is 1. The Morgan fingerprint density at radius 2 is 1.50 bits per heavy atom. The van der Waals surface area contributed by atoms with Gasteiger partial charge < -0.3 is 10.0 Å². The van der Waals surface area contributed by atoms with Crippen molar-refractivity contribution in [3.05, 3.63) is 94.0 Å². The van der Waals surface area contributed by atoms with E-state index in [-0.39, 0.29) is 24.5 Å². The number of aryl methyl sites for hydroxylation is 2. The van der Waals surface area contributed by atoms with Gasteiger partial charge in [-0.15, -0.1) is 0 Å². The number of amides is 1. The largest absolute Gasteiger partial charge is 0.481 e. The van der Waals surface area contributed by atoms with Crippen LogP contribution in [0.2, 0.25) is 5.02 Å². The summed E-state index contributed by atoms with van der Waals surface area (Å²) >= 11 is 6.09. The first kappa shape index (κ1) is 25.6. The highest BCUT2D eigenvalue weighted by Gasteiger charge is 2.21. The molecule has 0 spiro atoms. The number of nitrogens with zero attached hydrogens (tertiary/aromatic N) is 1. The van der Waals surface area contributed by atoms with Crippen molar-refractivity contribution in [2.75, 3.05) is 13.1 Å². The number of carbonyl (C=O) groups is 3. The lowest BCUT2D eigenvalue weighted by Gasteiger charge is -2.27. The number of hydrogen-bond acceptors (Lipinski definition) is 3. The van der Waals surface area contributed by atoms with Crippen LogP contribution in [0.25, 0.3) is 11.1 Å². The van der Waals surface area contributed by atoms with Gasteiger partial charge in [0.05, 0.1) is 6.42 Å². The highest BCUT2D eigenvalue weighted by atomic mass is 35.5. The summed E-state index contributed by atoms with van der Waals surface area (Å²) in [5.74, 6) is -1.10. The maximum absolute atomic E-state index is 13.2. The molecule has 3 aromatic carbocycles. The molecule has 1 heterocycles. The molecule has 186 valence electrons. The van der Waals surface area contributed by atoms with Crippen molar-refractivity contribution in [1.29, 1.82) is 0 Å². The van der Waals surface area contributed by atoms with Gasteiger partial charge >= 0.3 is 5.97 Å². The van der Waals surface area contributed by atoms with E-state index in [1.807, 2.05) is 65.6 Å². The summed E-state index contributed by atoms with van der Waals surface area (Å²) in [4.78, 5) is 38.8. The van der Waals surface area contributed by atoms with Crippen LogP contribution in [-0.2, 0) is 17.6 Å². The van der Waals surface area contributed by atoms with Crippen molar-refractivity contribution >= 4 is 29.3 Å². The molecule has 6 heteroatoms. The molecule has 1 fully saturated rings. The summed E-state index contributed by atoms with van der Waals surface area (Å²) in [5, 5.41) is 9.60. The third-order valence-electron chi connectivity index (χ3n) is 6.70. The molecule has 0 saturated carbocycles. The molecule has 5 nitrogen and oxygen atoms in total. The summed E-state index contributed by atoms with van der Waals surface area (Å²) in [6, 6.07) is 20.8. The zero-order valence-electron chi connectivity index (χ0n) is 20.2. The third-order valence-corrected chi connectivity index (χ3v) is 6.96. The average molecular weight is 504 g/mol. The summed E-state index contributed by atoms with van der Waals surface area (Å²) in [5.41, 5.74) is 5.16. The summed E-state index contributed by atoms with van der Waals surface area (Å²) < 4.78 is 0. The number of halogens is 1. The average Bonchev–Trinajstić information content (AvgIpc) is 2.91. The van der Waals surface area contributed by atoms with Crippen molar-refractivity contribution < 1.29 is 19.5 Å². The molecule has 1 aliphatic heterocycles. The molecule has 1 saturated heterocycles. The molecule has 3 aromatic rings. The molecule has 0 radical (unpaired) electrons. The lowest BCUT2D eigenvalue weighted by atomic mass is 9.91. The van der Waals surface area contributed by atoms with E-state index in [0.717, 1.165) is 53.7 Å². The molecule has 1 amide bonds. The number of rotatable bonds is 9. The van der Waals surface area contributed by atoms with Crippen LogP contribution < -0.4 is 0 Å². The van der Waals surface area contributed by atoms with Gasteiger partial charge in [0, 0.05) is 35.7 Å². The number of Topliss-reactive ketones (excluding diaryl/α,β-unsaturated/α-hetero) is 1. The van der Waals surface area contributed by atoms with Crippen LogP contribution in [0.4, 0.5) is 0 Å². The monoisotopic (exact) mass is 503 g/mol. The van der Waals surface area contributed by atoms with Crippen molar-refractivity contribution in [3.63, 3.8) is 0 Å². The number of carboxylic acid groups (broad SMARTS) is 1. The van der Waals surface area contributed by atoms with Gasteiger partial charge in [0.25, 0.3) is 5.91 Å². The molecular weight excluding hydrogens is 474 g/mol. The predicted octanol–water partition coefficient (Wildman–Crippen LogP) is 6.47. The van der Waals surface area contributed by atoms with E-state index in [4.69, 9.17) is 16.7 Å². The minimum absolute atomic E-state index is 0.0394. The van der Waals surface area contributed by atoms with Crippen LogP contribution in [0, 0.1) is 0 Å². The van der Waals surface area contributed by atoms with Crippen molar-refractivity contribution in [1.82, 2.24) is 4.90 Å². The van der Waals surface area contributed by atoms with Crippen LogP contribution in [0.5, 0.6) is 0 Å². The summed E-state index contributed by atoms with van der Waals surface area (Å²) in [7, 11) is 0. The van der Waals surface area contributed by atoms with Crippen LogP contribution >= 0.6 is 11.6 Å². The van der Waals surface area contributed by atoms with E-state index in [1.165, 1.54) is 6.42 Å². The number of piperidine rings is 1. The Morgan fingerprint density at radius 1 is 0.806 bits per heavy atom. The molecule has 1 aliphatic rings. The number of carbonyl (C=O) groups excluding carboxylic acids is 2. The number of carboxylic acids is 1. The smallest absolute Gasteiger partial charge is 0.303 e. The molecule has 0 atom stereocenters. The van der Waals surface area contributed by atoms with Gasteiger partial charge in [-0.25, -0.2) is 0 Å². The standard InChI is InChI=1S/C30H30ClNO4/c31-25-13-10-22(11-14-25)26-15-12-24(28(33)16-17-29(34)35)20-23(26)9-8-21-6-2-3-7-27(21)30(36)32-18-4-1-5-19-32/h2-3,6-7,10-15,20H,1,4-5,8-9,16-19H2,(H,34,35). The molecular formula is C30H30ClNO4. The molecule has 0 bridgehead atoms. The minimum Gasteiger partial charge on any atom is -0.481 e. The normalized spacial score (nSPS) is 13.4. The van der Waals surface area contributed by atoms with Gasteiger partial charge in [-0.3, -0.25) is 14.4 Å². The molecule has 0 aliphatic carbocycles. The lowest BCUT2D eigenvalue weighted by molar-refractivity contribution is -0.136. The zero-order chi connectivity index (χ0) is 25.5. The lowest BCUT2D eigenvalue weighted by Crippen LogP contribution is -2.36. The molecule has 36 heavy (non-hydrogen) atoms. The second kappa shape index (κ2) is 12.0. The van der Waals surface area contributed by atoms with Gasteiger partial charge in [-0.05, 0) is 78.6 Å². The van der Waals surface area contributed by atoms with Crippen molar-refractivity contribution in [3.8, 4) is 11.1 Å². The first-order valence-corrected chi connectivity index (χ1v) is 12.8. The first-order valence-electron chi connectivity index (χ1n) is 12.4. The Bertz CT molecular complexity index is 1250. The first-order chi connectivity index (χ1) is 17.4. The third kappa shape index (κ3) is 6.41. The minimum atomic E-state index is -0.990. The Balaban J connectivity index is 1.62. The number of benzene rings is 3. The SMILES string of the molecule is O=C(O)CCC(=O)c1ccc(-c2ccc(Cl)cc2)c(CCc2ccccc2C(=O)N2CCCCC2)c1. The van der Waals surface area contributed by atoms with Gasteiger partial charge in [-0.2, -0.15) is 0 Å². The molecule has 0 aromatic heterocycles. The quantitative estimate of drug-likeness (QED) is 0.340. The summed E-state index contributed by atoms with van der Waals surface area (Å²) in [6.07, 6.45) is 4.29. The summed E-state index contributed by atoms with van der Waals surface area (Å²) in [6.45, 7) is 1.60. The van der Waals surface area contributed by atoms with Gasteiger partial charge in [0.1, 0.15) is 0 Å². The topological polar surface area (TPSA) is 74.7 Å².